The van der Waals surface area contributed by atoms with Crippen molar-refractivity contribution < 1.29 is 4.39 Å². The number of rotatable bonds is 4. The number of halogens is 1. The topological polar surface area (TPSA) is 68.8 Å². The lowest BCUT2D eigenvalue weighted by atomic mass is 10.0. The lowest BCUT2D eigenvalue weighted by Crippen LogP contribution is -2.31. The van der Waals surface area contributed by atoms with Gasteiger partial charge in [0, 0.05) is 25.1 Å². The summed E-state index contributed by atoms with van der Waals surface area (Å²) in [4.78, 5) is 4.08. The molecule has 0 aliphatic heterocycles. The second-order valence-corrected chi connectivity index (χ2v) is 4.88. The zero-order valence-electron chi connectivity index (χ0n) is 11.6. The first-order valence-corrected chi connectivity index (χ1v) is 6.68. The average molecular weight is 285 g/mol. The van der Waals surface area contributed by atoms with E-state index in [4.69, 9.17) is 5.84 Å². The first-order chi connectivity index (χ1) is 10.2. The summed E-state index contributed by atoms with van der Waals surface area (Å²) in [6.07, 6.45) is 2.02. The maximum absolute atomic E-state index is 13.9. The number of pyridine rings is 1. The van der Waals surface area contributed by atoms with Crippen molar-refractivity contribution in [3.8, 4) is 0 Å². The summed E-state index contributed by atoms with van der Waals surface area (Å²) in [5, 5.41) is 5.54. The van der Waals surface area contributed by atoms with Crippen LogP contribution in [-0.4, -0.2) is 14.8 Å². The van der Waals surface area contributed by atoms with Crippen LogP contribution in [0.3, 0.4) is 0 Å². The molecular formula is C15H16FN5. The van der Waals surface area contributed by atoms with Crippen molar-refractivity contribution in [3.63, 3.8) is 0 Å². The molecule has 0 aliphatic rings. The summed E-state index contributed by atoms with van der Waals surface area (Å²) in [5.41, 5.74) is 4.82. The highest BCUT2D eigenvalue weighted by Crippen LogP contribution is 2.23. The summed E-state index contributed by atoms with van der Waals surface area (Å²) in [7, 11) is 1.89. The molecule has 0 amide bonds. The van der Waals surface area contributed by atoms with Crippen LogP contribution < -0.4 is 11.3 Å². The predicted molar refractivity (Wildman–Crippen MR) is 78.7 cm³/mol. The molecule has 0 bridgehead atoms. The molecule has 3 rings (SSSR count). The highest BCUT2D eigenvalue weighted by atomic mass is 19.1. The van der Waals surface area contributed by atoms with Crippen molar-refractivity contribution in [2.75, 3.05) is 0 Å². The van der Waals surface area contributed by atoms with Crippen molar-refractivity contribution in [2.45, 2.75) is 12.5 Å². The minimum absolute atomic E-state index is 0.301. The molecule has 1 unspecified atom stereocenters. The Bertz CT molecular complexity index is 768. The zero-order valence-corrected chi connectivity index (χ0v) is 11.6. The number of hydrazine groups is 1. The van der Waals surface area contributed by atoms with Gasteiger partial charge in [0.15, 0.2) is 0 Å². The van der Waals surface area contributed by atoms with Gasteiger partial charge in [0.2, 0.25) is 0 Å². The summed E-state index contributed by atoms with van der Waals surface area (Å²) < 4.78 is 15.7. The number of hydrogen-bond donors (Lipinski definition) is 2. The number of nitrogens with one attached hydrogen (secondary N) is 1. The van der Waals surface area contributed by atoms with E-state index in [9.17, 15) is 4.39 Å². The third-order valence-corrected chi connectivity index (χ3v) is 3.55. The van der Waals surface area contributed by atoms with Crippen molar-refractivity contribution in [2.24, 2.45) is 12.9 Å². The van der Waals surface area contributed by atoms with E-state index >= 15 is 0 Å². The fourth-order valence-electron chi connectivity index (χ4n) is 2.52. The number of para-hydroxylation sites is 1. The number of aromatic nitrogens is 3. The summed E-state index contributed by atoms with van der Waals surface area (Å²) >= 11 is 0. The molecular weight excluding hydrogens is 269 g/mol. The molecule has 0 spiro atoms. The van der Waals surface area contributed by atoms with Gasteiger partial charge < -0.3 is 0 Å². The normalized spacial score (nSPS) is 12.7. The highest BCUT2D eigenvalue weighted by molar-refractivity contribution is 5.81. The first kappa shape index (κ1) is 13.7. The molecule has 0 aliphatic carbocycles. The van der Waals surface area contributed by atoms with Gasteiger partial charge in [-0.15, -0.1) is 0 Å². The lowest BCUT2D eigenvalue weighted by Gasteiger charge is -2.14. The Kier molecular flexibility index (Phi) is 3.64. The van der Waals surface area contributed by atoms with Crippen molar-refractivity contribution >= 4 is 10.9 Å². The van der Waals surface area contributed by atoms with E-state index in [0.29, 0.717) is 12.1 Å². The smallest absolute Gasteiger partial charge is 0.146 e. The van der Waals surface area contributed by atoms with Crippen LogP contribution in [0.5, 0.6) is 0 Å². The van der Waals surface area contributed by atoms with Crippen LogP contribution in [-0.2, 0) is 13.5 Å². The monoisotopic (exact) mass is 285 g/mol. The van der Waals surface area contributed by atoms with Gasteiger partial charge in [0.25, 0.3) is 0 Å². The number of hydrogen-bond acceptors (Lipinski definition) is 4. The van der Waals surface area contributed by atoms with E-state index in [1.807, 2.05) is 36.0 Å². The van der Waals surface area contributed by atoms with Crippen LogP contribution in [0.4, 0.5) is 4.39 Å². The number of fused-ring (bicyclic) bond motifs is 1. The van der Waals surface area contributed by atoms with Crippen LogP contribution in [0.1, 0.15) is 17.4 Å². The molecule has 5 nitrogen and oxygen atoms in total. The molecule has 108 valence electrons. The van der Waals surface area contributed by atoms with Crippen LogP contribution in [0.2, 0.25) is 0 Å². The van der Waals surface area contributed by atoms with Gasteiger partial charge in [-0.05, 0) is 18.2 Å². The molecule has 0 saturated carbocycles. The molecule has 6 heteroatoms. The minimum atomic E-state index is -0.426. The fourth-order valence-corrected chi connectivity index (χ4v) is 2.52. The van der Waals surface area contributed by atoms with Crippen LogP contribution in [0, 0.1) is 5.82 Å². The SMILES string of the molecule is Cn1nc(CC(NN)c2ncccc2F)c2ccccc21. The number of nitrogens with zero attached hydrogens (tertiary/aromatic N) is 3. The predicted octanol–water partition coefficient (Wildman–Crippen LogP) is 1.85. The van der Waals surface area contributed by atoms with E-state index in [-0.39, 0.29) is 5.82 Å². The molecule has 0 saturated heterocycles. The number of nitrogens with two attached hydrogens (primary N) is 1. The molecule has 21 heavy (non-hydrogen) atoms. The molecule has 2 aromatic heterocycles. The van der Waals surface area contributed by atoms with Crippen molar-refractivity contribution in [1.82, 2.24) is 20.2 Å². The minimum Gasteiger partial charge on any atom is -0.271 e. The molecule has 0 radical (unpaired) electrons. The van der Waals surface area contributed by atoms with Crippen molar-refractivity contribution in [3.05, 3.63) is 59.8 Å². The second-order valence-electron chi connectivity index (χ2n) is 4.88. The molecule has 1 aromatic carbocycles. The Balaban J connectivity index is 1.99. The number of aryl methyl sites for hydroxylation is 1. The Hall–Kier alpha value is -2.31. The van der Waals surface area contributed by atoms with E-state index in [0.717, 1.165) is 16.6 Å². The standard InChI is InChI=1S/C15H16FN5/c1-21-14-7-3-2-5-10(14)12(20-21)9-13(19-17)15-11(16)6-4-8-18-15/h2-8,13,19H,9,17H2,1H3. The first-order valence-electron chi connectivity index (χ1n) is 6.68. The summed E-state index contributed by atoms with van der Waals surface area (Å²) in [5.74, 6) is 5.21. The van der Waals surface area contributed by atoms with Gasteiger partial charge in [0.05, 0.1) is 22.9 Å². The molecule has 2 heterocycles. The van der Waals surface area contributed by atoms with Crippen LogP contribution >= 0.6 is 0 Å². The Morgan fingerprint density at radius 3 is 2.86 bits per heavy atom. The van der Waals surface area contributed by atoms with Crippen molar-refractivity contribution in [1.29, 1.82) is 0 Å². The number of benzene rings is 1. The van der Waals surface area contributed by atoms with Gasteiger partial charge in [-0.2, -0.15) is 5.10 Å². The van der Waals surface area contributed by atoms with E-state index in [1.165, 1.54) is 6.07 Å². The van der Waals surface area contributed by atoms with Crippen LogP contribution in [0.25, 0.3) is 10.9 Å². The quantitative estimate of drug-likeness (QED) is 0.567. The maximum atomic E-state index is 13.9. The largest absolute Gasteiger partial charge is 0.271 e. The zero-order chi connectivity index (χ0) is 14.8. The third-order valence-electron chi connectivity index (χ3n) is 3.55. The Morgan fingerprint density at radius 2 is 2.10 bits per heavy atom. The summed E-state index contributed by atoms with van der Waals surface area (Å²) in [6.45, 7) is 0. The van der Waals surface area contributed by atoms with Gasteiger partial charge in [-0.25, -0.2) is 4.39 Å². The molecule has 1 atom stereocenters. The third kappa shape index (κ3) is 2.51. The Labute approximate surface area is 121 Å². The maximum Gasteiger partial charge on any atom is 0.146 e. The lowest BCUT2D eigenvalue weighted by molar-refractivity contribution is 0.490. The van der Waals surface area contributed by atoms with E-state index in [1.54, 1.807) is 12.3 Å². The van der Waals surface area contributed by atoms with E-state index < -0.39 is 6.04 Å². The average Bonchev–Trinajstić information content (AvgIpc) is 2.82. The molecule has 0 fully saturated rings. The van der Waals surface area contributed by atoms with Gasteiger partial charge in [-0.3, -0.25) is 20.9 Å². The van der Waals surface area contributed by atoms with Gasteiger partial charge in [0.1, 0.15) is 5.82 Å². The van der Waals surface area contributed by atoms with E-state index in [2.05, 4.69) is 15.5 Å². The van der Waals surface area contributed by atoms with Crippen LogP contribution in [0.15, 0.2) is 42.6 Å². The Morgan fingerprint density at radius 1 is 1.29 bits per heavy atom. The fraction of sp³-hybridized carbons (Fsp3) is 0.200. The molecule has 3 aromatic rings. The van der Waals surface area contributed by atoms with Gasteiger partial charge >= 0.3 is 0 Å². The second kappa shape index (κ2) is 5.59. The molecule has 3 N–H and O–H groups in total. The highest BCUT2D eigenvalue weighted by Gasteiger charge is 2.19. The summed E-state index contributed by atoms with van der Waals surface area (Å²) in [6, 6.07) is 10.4. The van der Waals surface area contributed by atoms with Gasteiger partial charge in [-0.1, -0.05) is 18.2 Å².